The van der Waals surface area contributed by atoms with Crippen LogP contribution in [0.15, 0.2) is 18.6 Å². The fraction of sp³-hybridized carbons (Fsp3) is 0.714. The van der Waals surface area contributed by atoms with Crippen molar-refractivity contribution in [3.05, 3.63) is 24.3 Å². The van der Waals surface area contributed by atoms with E-state index in [1.54, 1.807) is 12.5 Å². The minimum absolute atomic E-state index is 0.126. The monoisotopic (exact) mass is 249 g/mol. The third-order valence-electron chi connectivity index (χ3n) is 3.30. The van der Waals surface area contributed by atoms with Gasteiger partial charge in [0.2, 0.25) is 0 Å². The van der Waals surface area contributed by atoms with Gasteiger partial charge in [0.25, 0.3) is 0 Å². The standard InChI is InChI=1S/C14H23N3O/c1-11(2)8-16-9-12-4-3-7-18-14(12)13-5-6-15-10-17-13/h5-6,10-12,14,16H,3-4,7-9H2,1-2H3. The summed E-state index contributed by atoms with van der Waals surface area (Å²) in [6.07, 6.45) is 5.88. The number of nitrogens with zero attached hydrogens (tertiary/aromatic N) is 2. The Kier molecular flexibility index (Phi) is 5.08. The van der Waals surface area contributed by atoms with Crippen molar-refractivity contribution in [1.29, 1.82) is 0 Å². The average Bonchev–Trinajstić information content (AvgIpc) is 2.40. The lowest BCUT2D eigenvalue weighted by atomic mass is 9.92. The van der Waals surface area contributed by atoms with Gasteiger partial charge in [-0.25, -0.2) is 9.97 Å². The summed E-state index contributed by atoms with van der Waals surface area (Å²) in [6.45, 7) is 7.37. The van der Waals surface area contributed by atoms with Gasteiger partial charge in [-0.05, 0) is 31.4 Å². The molecule has 1 aliphatic heterocycles. The maximum atomic E-state index is 5.90. The van der Waals surface area contributed by atoms with Crippen LogP contribution in [0.5, 0.6) is 0 Å². The molecule has 4 nitrogen and oxygen atoms in total. The first-order valence-corrected chi connectivity index (χ1v) is 6.85. The van der Waals surface area contributed by atoms with Crippen molar-refractivity contribution < 1.29 is 4.74 Å². The van der Waals surface area contributed by atoms with Gasteiger partial charge in [0.1, 0.15) is 12.4 Å². The molecule has 0 bridgehead atoms. The number of ether oxygens (including phenoxy) is 1. The van der Waals surface area contributed by atoms with Crippen molar-refractivity contribution >= 4 is 0 Å². The Morgan fingerprint density at radius 2 is 2.39 bits per heavy atom. The van der Waals surface area contributed by atoms with Crippen molar-refractivity contribution in [3.63, 3.8) is 0 Å². The van der Waals surface area contributed by atoms with Crippen LogP contribution in [0.2, 0.25) is 0 Å². The zero-order chi connectivity index (χ0) is 12.8. The molecule has 2 rings (SSSR count). The van der Waals surface area contributed by atoms with Crippen LogP contribution in [-0.4, -0.2) is 29.7 Å². The fourth-order valence-corrected chi connectivity index (χ4v) is 2.41. The third-order valence-corrected chi connectivity index (χ3v) is 3.30. The van der Waals surface area contributed by atoms with Crippen LogP contribution in [0.1, 0.15) is 38.5 Å². The van der Waals surface area contributed by atoms with E-state index in [-0.39, 0.29) is 6.10 Å². The number of hydrogen-bond donors (Lipinski definition) is 1. The molecule has 18 heavy (non-hydrogen) atoms. The minimum atomic E-state index is 0.126. The lowest BCUT2D eigenvalue weighted by Gasteiger charge is -2.31. The van der Waals surface area contributed by atoms with Crippen molar-refractivity contribution in [1.82, 2.24) is 15.3 Å². The number of aromatic nitrogens is 2. The van der Waals surface area contributed by atoms with Gasteiger partial charge in [0.15, 0.2) is 0 Å². The second-order valence-corrected chi connectivity index (χ2v) is 5.38. The molecule has 0 saturated carbocycles. The second-order valence-electron chi connectivity index (χ2n) is 5.38. The van der Waals surface area contributed by atoms with Gasteiger partial charge in [-0.1, -0.05) is 13.8 Å². The van der Waals surface area contributed by atoms with Gasteiger partial charge < -0.3 is 10.1 Å². The topological polar surface area (TPSA) is 47.0 Å². The Labute approximate surface area is 109 Å². The number of nitrogens with one attached hydrogen (secondary N) is 1. The SMILES string of the molecule is CC(C)CNCC1CCCOC1c1ccncn1. The Hall–Kier alpha value is -1.00. The minimum Gasteiger partial charge on any atom is -0.372 e. The molecule has 1 aromatic rings. The first-order chi connectivity index (χ1) is 8.77. The van der Waals surface area contributed by atoms with Crippen molar-refractivity contribution in [3.8, 4) is 0 Å². The number of hydrogen-bond acceptors (Lipinski definition) is 4. The predicted molar refractivity (Wildman–Crippen MR) is 71.2 cm³/mol. The molecule has 0 amide bonds. The zero-order valence-corrected chi connectivity index (χ0v) is 11.3. The summed E-state index contributed by atoms with van der Waals surface area (Å²) >= 11 is 0. The highest BCUT2D eigenvalue weighted by Crippen LogP contribution is 2.31. The molecule has 1 aromatic heterocycles. The van der Waals surface area contributed by atoms with Crippen molar-refractivity contribution in [2.45, 2.75) is 32.8 Å². The Morgan fingerprint density at radius 3 is 3.11 bits per heavy atom. The van der Waals surface area contributed by atoms with Crippen LogP contribution < -0.4 is 5.32 Å². The zero-order valence-electron chi connectivity index (χ0n) is 11.3. The van der Waals surface area contributed by atoms with Crippen molar-refractivity contribution in [2.24, 2.45) is 11.8 Å². The molecule has 0 spiro atoms. The van der Waals surface area contributed by atoms with E-state index in [2.05, 4.69) is 29.1 Å². The second kappa shape index (κ2) is 6.81. The highest BCUT2D eigenvalue weighted by molar-refractivity contribution is 5.05. The van der Waals surface area contributed by atoms with E-state index in [0.29, 0.717) is 11.8 Å². The molecule has 1 saturated heterocycles. The Morgan fingerprint density at radius 1 is 1.50 bits per heavy atom. The van der Waals surface area contributed by atoms with Crippen LogP contribution in [-0.2, 0) is 4.74 Å². The van der Waals surface area contributed by atoms with Gasteiger partial charge in [-0.2, -0.15) is 0 Å². The van der Waals surface area contributed by atoms with Crippen LogP contribution in [0, 0.1) is 11.8 Å². The summed E-state index contributed by atoms with van der Waals surface area (Å²) in [5.41, 5.74) is 1.01. The normalized spacial score (nSPS) is 24.4. The summed E-state index contributed by atoms with van der Waals surface area (Å²) in [7, 11) is 0. The maximum absolute atomic E-state index is 5.90. The van der Waals surface area contributed by atoms with E-state index in [1.165, 1.54) is 6.42 Å². The largest absolute Gasteiger partial charge is 0.372 e. The average molecular weight is 249 g/mol. The lowest BCUT2D eigenvalue weighted by molar-refractivity contribution is -0.0304. The highest BCUT2D eigenvalue weighted by atomic mass is 16.5. The van der Waals surface area contributed by atoms with E-state index >= 15 is 0 Å². The predicted octanol–water partition coefficient (Wildman–Crippen LogP) is 2.19. The van der Waals surface area contributed by atoms with E-state index in [0.717, 1.165) is 31.8 Å². The van der Waals surface area contributed by atoms with E-state index in [1.807, 2.05) is 6.07 Å². The summed E-state index contributed by atoms with van der Waals surface area (Å²) in [5, 5.41) is 3.53. The highest BCUT2D eigenvalue weighted by Gasteiger charge is 2.28. The van der Waals surface area contributed by atoms with E-state index < -0.39 is 0 Å². The molecule has 2 heterocycles. The van der Waals surface area contributed by atoms with Crippen LogP contribution >= 0.6 is 0 Å². The molecule has 1 N–H and O–H groups in total. The molecule has 100 valence electrons. The molecule has 0 aromatic carbocycles. The molecule has 0 aliphatic carbocycles. The fourth-order valence-electron chi connectivity index (χ4n) is 2.41. The van der Waals surface area contributed by atoms with Crippen LogP contribution in [0.25, 0.3) is 0 Å². The smallest absolute Gasteiger partial charge is 0.115 e. The molecule has 2 unspecified atom stereocenters. The Balaban J connectivity index is 1.94. The summed E-state index contributed by atoms with van der Waals surface area (Å²) in [6, 6.07) is 1.96. The molecule has 4 heteroatoms. The maximum Gasteiger partial charge on any atom is 0.115 e. The summed E-state index contributed by atoms with van der Waals surface area (Å²) in [5.74, 6) is 1.21. The van der Waals surface area contributed by atoms with E-state index in [4.69, 9.17) is 4.74 Å². The lowest BCUT2D eigenvalue weighted by Crippen LogP contribution is -2.33. The van der Waals surface area contributed by atoms with Gasteiger partial charge in [0.05, 0.1) is 5.69 Å². The first kappa shape index (κ1) is 13.4. The summed E-state index contributed by atoms with van der Waals surface area (Å²) in [4.78, 5) is 8.30. The third kappa shape index (κ3) is 3.75. The van der Waals surface area contributed by atoms with E-state index in [9.17, 15) is 0 Å². The molecular weight excluding hydrogens is 226 g/mol. The Bertz CT molecular complexity index is 342. The van der Waals surface area contributed by atoms with Crippen LogP contribution in [0.4, 0.5) is 0 Å². The van der Waals surface area contributed by atoms with Crippen molar-refractivity contribution in [2.75, 3.05) is 19.7 Å². The van der Waals surface area contributed by atoms with Gasteiger partial charge in [-0.3, -0.25) is 0 Å². The van der Waals surface area contributed by atoms with Crippen LogP contribution in [0.3, 0.4) is 0 Å². The molecule has 1 fully saturated rings. The molecule has 1 aliphatic rings. The van der Waals surface area contributed by atoms with Gasteiger partial charge >= 0.3 is 0 Å². The van der Waals surface area contributed by atoms with Gasteiger partial charge in [0, 0.05) is 25.3 Å². The molecule has 2 atom stereocenters. The first-order valence-electron chi connectivity index (χ1n) is 6.85. The van der Waals surface area contributed by atoms with Gasteiger partial charge in [-0.15, -0.1) is 0 Å². The molecular formula is C14H23N3O. The number of rotatable bonds is 5. The summed E-state index contributed by atoms with van der Waals surface area (Å²) < 4.78 is 5.90. The quantitative estimate of drug-likeness (QED) is 0.869. The molecule has 0 radical (unpaired) electrons.